The van der Waals surface area contributed by atoms with Gasteiger partial charge in [0, 0.05) is 13.2 Å². The minimum Gasteiger partial charge on any atom is -0.396 e. The number of aliphatic hydroxyl groups excluding tert-OH is 2. The summed E-state index contributed by atoms with van der Waals surface area (Å²) >= 11 is 0. The van der Waals surface area contributed by atoms with Crippen LogP contribution in [-0.2, 0) is 12.8 Å². The van der Waals surface area contributed by atoms with Gasteiger partial charge in [0.05, 0.1) is 0 Å². The Balaban J connectivity index is 2.07. The van der Waals surface area contributed by atoms with E-state index in [2.05, 4.69) is 24.3 Å². The molecule has 2 N–H and O–H groups in total. The van der Waals surface area contributed by atoms with Crippen LogP contribution in [0.15, 0.2) is 24.3 Å². The van der Waals surface area contributed by atoms with Crippen LogP contribution < -0.4 is 0 Å². The first kappa shape index (κ1) is 19.2. The van der Waals surface area contributed by atoms with Crippen molar-refractivity contribution in [1.29, 1.82) is 0 Å². The molecule has 0 amide bonds. The van der Waals surface area contributed by atoms with Crippen molar-refractivity contribution in [2.24, 2.45) is 0 Å². The van der Waals surface area contributed by atoms with Gasteiger partial charge in [-0.25, -0.2) is 0 Å². The van der Waals surface area contributed by atoms with E-state index in [0.717, 1.165) is 25.7 Å². The summed E-state index contributed by atoms with van der Waals surface area (Å²) in [5, 5.41) is 17.5. The summed E-state index contributed by atoms with van der Waals surface area (Å²) in [7, 11) is 0. The highest BCUT2D eigenvalue weighted by Gasteiger charge is 1.97. The lowest BCUT2D eigenvalue weighted by molar-refractivity contribution is 0.282. The number of aryl methyl sites for hydroxylation is 2. The zero-order valence-corrected chi connectivity index (χ0v) is 14.1. The molecule has 0 bridgehead atoms. The Hall–Kier alpha value is -0.860. The molecule has 0 spiro atoms. The summed E-state index contributed by atoms with van der Waals surface area (Å²) in [5.74, 6) is 0. The first-order valence-electron chi connectivity index (χ1n) is 9.16. The van der Waals surface area contributed by atoms with Crippen molar-refractivity contribution in [3.05, 3.63) is 35.4 Å². The molecule has 0 fully saturated rings. The van der Waals surface area contributed by atoms with E-state index in [0.29, 0.717) is 13.2 Å². The van der Waals surface area contributed by atoms with Crippen molar-refractivity contribution < 1.29 is 10.2 Å². The summed E-state index contributed by atoms with van der Waals surface area (Å²) in [6.45, 7) is 0.672. The van der Waals surface area contributed by atoms with Gasteiger partial charge in [-0.2, -0.15) is 0 Å². The number of hydrogen-bond acceptors (Lipinski definition) is 2. The first-order valence-corrected chi connectivity index (χ1v) is 9.16. The van der Waals surface area contributed by atoms with E-state index in [-0.39, 0.29) is 0 Å². The van der Waals surface area contributed by atoms with E-state index in [9.17, 15) is 0 Å². The molecule has 0 saturated carbocycles. The zero-order valence-electron chi connectivity index (χ0n) is 14.1. The van der Waals surface area contributed by atoms with Crippen molar-refractivity contribution in [2.45, 2.75) is 77.0 Å². The summed E-state index contributed by atoms with van der Waals surface area (Å²) in [5.41, 5.74) is 2.91. The molecule has 1 aromatic carbocycles. The molecule has 0 heterocycles. The molecular formula is C20H34O2. The van der Waals surface area contributed by atoms with Crippen molar-refractivity contribution in [3.8, 4) is 0 Å². The fourth-order valence-electron chi connectivity index (χ4n) is 2.82. The summed E-state index contributed by atoms with van der Waals surface area (Å²) in [6.07, 6.45) is 14.1. The van der Waals surface area contributed by atoms with Gasteiger partial charge in [0.15, 0.2) is 0 Å². The molecule has 0 aromatic heterocycles. The van der Waals surface area contributed by atoms with E-state index in [1.54, 1.807) is 0 Å². The molecule has 0 aliphatic heterocycles. The normalized spacial score (nSPS) is 11.0. The van der Waals surface area contributed by atoms with Crippen LogP contribution in [-0.4, -0.2) is 23.4 Å². The van der Waals surface area contributed by atoms with Gasteiger partial charge in [-0.1, -0.05) is 62.8 Å². The number of rotatable bonds is 14. The average molecular weight is 306 g/mol. The molecule has 0 atom stereocenters. The van der Waals surface area contributed by atoms with Gasteiger partial charge in [-0.05, 0) is 49.7 Å². The van der Waals surface area contributed by atoms with Crippen LogP contribution in [0.5, 0.6) is 0 Å². The van der Waals surface area contributed by atoms with Crippen LogP contribution in [0.25, 0.3) is 0 Å². The SMILES string of the molecule is OCCCCCCCc1ccc(CCCCCCCO)cc1. The molecule has 0 aliphatic carbocycles. The van der Waals surface area contributed by atoms with Crippen LogP contribution >= 0.6 is 0 Å². The van der Waals surface area contributed by atoms with Gasteiger partial charge in [-0.3, -0.25) is 0 Å². The molecule has 1 rings (SSSR count). The van der Waals surface area contributed by atoms with E-state index >= 15 is 0 Å². The monoisotopic (exact) mass is 306 g/mol. The van der Waals surface area contributed by atoms with Gasteiger partial charge in [0.1, 0.15) is 0 Å². The lowest BCUT2D eigenvalue weighted by Crippen LogP contribution is -1.90. The lowest BCUT2D eigenvalue weighted by Gasteiger charge is -2.05. The Bertz CT molecular complexity index is 310. The largest absolute Gasteiger partial charge is 0.396 e. The lowest BCUT2D eigenvalue weighted by atomic mass is 10.0. The third kappa shape index (κ3) is 9.97. The second-order valence-corrected chi connectivity index (χ2v) is 6.30. The molecule has 0 aliphatic rings. The maximum atomic E-state index is 8.73. The molecular weight excluding hydrogens is 272 g/mol. The van der Waals surface area contributed by atoms with Gasteiger partial charge in [-0.15, -0.1) is 0 Å². The van der Waals surface area contributed by atoms with Crippen LogP contribution in [0.4, 0.5) is 0 Å². The predicted molar refractivity (Wildman–Crippen MR) is 94.2 cm³/mol. The first-order chi connectivity index (χ1) is 10.9. The second kappa shape index (κ2) is 13.8. The van der Waals surface area contributed by atoms with E-state index in [1.807, 2.05) is 0 Å². The molecule has 1 aromatic rings. The van der Waals surface area contributed by atoms with Gasteiger partial charge < -0.3 is 10.2 Å². The van der Waals surface area contributed by atoms with Crippen molar-refractivity contribution in [1.82, 2.24) is 0 Å². The second-order valence-electron chi connectivity index (χ2n) is 6.30. The highest BCUT2D eigenvalue weighted by molar-refractivity contribution is 5.22. The van der Waals surface area contributed by atoms with Crippen molar-refractivity contribution in [3.63, 3.8) is 0 Å². The van der Waals surface area contributed by atoms with E-state index in [1.165, 1.54) is 62.5 Å². The van der Waals surface area contributed by atoms with Crippen LogP contribution in [0.3, 0.4) is 0 Å². The number of hydrogen-bond donors (Lipinski definition) is 2. The average Bonchev–Trinajstić information content (AvgIpc) is 2.55. The molecule has 126 valence electrons. The molecule has 22 heavy (non-hydrogen) atoms. The van der Waals surface area contributed by atoms with Crippen molar-refractivity contribution >= 4 is 0 Å². The Morgan fingerprint density at radius 1 is 0.455 bits per heavy atom. The van der Waals surface area contributed by atoms with Crippen LogP contribution in [0.2, 0.25) is 0 Å². The number of aliphatic hydroxyl groups is 2. The van der Waals surface area contributed by atoms with Gasteiger partial charge in [0.25, 0.3) is 0 Å². The molecule has 0 unspecified atom stereocenters. The third-order valence-electron chi connectivity index (χ3n) is 4.27. The van der Waals surface area contributed by atoms with Crippen LogP contribution in [0, 0.1) is 0 Å². The van der Waals surface area contributed by atoms with Crippen LogP contribution in [0.1, 0.15) is 75.3 Å². The summed E-state index contributed by atoms with van der Waals surface area (Å²) < 4.78 is 0. The summed E-state index contributed by atoms with van der Waals surface area (Å²) in [6, 6.07) is 9.15. The quantitative estimate of drug-likeness (QED) is 0.491. The third-order valence-corrected chi connectivity index (χ3v) is 4.27. The fraction of sp³-hybridized carbons (Fsp3) is 0.700. The maximum Gasteiger partial charge on any atom is 0.0431 e. The zero-order chi connectivity index (χ0) is 15.9. The Kier molecular flexibility index (Phi) is 12.0. The van der Waals surface area contributed by atoms with E-state index < -0.39 is 0 Å². The highest BCUT2D eigenvalue weighted by Crippen LogP contribution is 2.13. The Morgan fingerprint density at radius 2 is 0.773 bits per heavy atom. The Labute approximate surface area is 136 Å². The minimum atomic E-state index is 0.336. The topological polar surface area (TPSA) is 40.5 Å². The van der Waals surface area contributed by atoms with Crippen molar-refractivity contribution in [2.75, 3.05) is 13.2 Å². The molecule has 2 heteroatoms. The highest BCUT2D eigenvalue weighted by atomic mass is 16.3. The maximum absolute atomic E-state index is 8.73. The smallest absolute Gasteiger partial charge is 0.0431 e. The summed E-state index contributed by atoms with van der Waals surface area (Å²) in [4.78, 5) is 0. The van der Waals surface area contributed by atoms with E-state index in [4.69, 9.17) is 10.2 Å². The standard InChI is InChI=1S/C20H34O2/c21-17-9-5-1-3-7-11-19-13-15-20(16-14-19)12-8-4-2-6-10-18-22/h13-16,21-22H,1-12,17-18H2. The Morgan fingerprint density at radius 3 is 1.14 bits per heavy atom. The predicted octanol–water partition coefficient (Wildman–Crippen LogP) is 4.66. The van der Waals surface area contributed by atoms with Gasteiger partial charge in [0.2, 0.25) is 0 Å². The molecule has 2 nitrogen and oxygen atoms in total. The minimum absolute atomic E-state index is 0.336. The van der Waals surface area contributed by atoms with Gasteiger partial charge >= 0.3 is 0 Å². The number of benzene rings is 1. The molecule has 0 saturated heterocycles. The fourth-order valence-corrected chi connectivity index (χ4v) is 2.82. The molecule has 0 radical (unpaired) electrons. The number of unbranched alkanes of at least 4 members (excludes halogenated alkanes) is 8.